The molecule has 4 nitrogen and oxygen atoms in total. The molecule has 4 aromatic rings. The van der Waals surface area contributed by atoms with Gasteiger partial charge in [0.25, 0.3) is 0 Å². The molecule has 162 valence electrons. The zero-order chi connectivity index (χ0) is 21.8. The Labute approximate surface area is 192 Å². The third-order valence-electron chi connectivity index (χ3n) is 3.45. The average Bonchev–Trinajstić information content (AvgIpc) is 2.75. The molecule has 0 aliphatic carbocycles. The molecule has 0 N–H and O–H groups in total. The molecule has 0 unspecified atom stereocenters. The molecular formula is C21H18BF4N4Pt+. The first-order chi connectivity index (χ1) is 14.3. The maximum atomic E-state index is 9.75. The minimum absolute atomic E-state index is 0. The van der Waals surface area contributed by atoms with E-state index >= 15 is 0 Å². The molecule has 0 spiro atoms. The summed E-state index contributed by atoms with van der Waals surface area (Å²) < 4.78 is 39.0. The van der Waals surface area contributed by atoms with Crippen molar-refractivity contribution in [2.45, 2.75) is 6.92 Å². The van der Waals surface area contributed by atoms with Crippen molar-refractivity contribution in [3.63, 3.8) is 0 Å². The summed E-state index contributed by atoms with van der Waals surface area (Å²) in [6.45, 7) is 2.04. The third kappa shape index (κ3) is 11.1. The summed E-state index contributed by atoms with van der Waals surface area (Å²) in [7, 11) is -6.00. The normalized spacial score (nSPS) is 9.84. The fourth-order valence-corrected chi connectivity index (χ4v) is 2.18. The van der Waals surface area contributed by atoms with Crippen LogP contribution in [0.4, 0.5) is 17.3 Å². The number of nitrogens with zero attached hydrogens (tertiary/aromatic N) is 4. The molecule has 4 heterocycles. The van der Waals surface area contributed by atoms with Crippen LogP contribution in [0.25, 0.3) is 22.8 Å². The molecule has 4 aromatic heterocycles. The van der Waals surface area contributed by atoms with Crippen molar-refractivity contribution >= 4 is 7.25 Å². The van der Waals surface area contributed by atoms with Crippen LogP contribution in [0, 0.1) is 6.92 Å². The van der Waals surface area contributed by atoms with Crippen LogP contribution in [-0.4, -0.2) is 27.2 Å². The van der Waals surface area contributed by atoms with E-state index in [4.69, 9.17) is 0 Å². The van der Waals surface area contributed by atoms with Gasteiger partial charge in [-0.25, -0.2) is 4.98 Å². The Kier molecular flexibility index (Phi) is 11.3. The van der Waals surface area contributed by atoms with Crippen molar-refractivity contribution in [3.8, 4) is 22.8 Å². The van der Waals surface area contributed by atoms with Crippen molar-refractivity contribution < 1.29 is 38.3 Å². The van der Waals surface area contributed by atoms with Crippen molar-refractivity contribution in [1.29, 1.82) is 0 Å². The van der Waals surface area contributed by atoms with Crippen molar-refractivity contribution in [2.24, 2.45) is 0 Å². The number of rotatable bonds is 2. The Morgan fingerprint density at radius 3 is 1.32 bits per heavy atom. The minimum Gasteiger partial charge on any atom is -0.418 e. The predicted octanol–water partition coefficient (Wildman–Crippen LogP) is 5.89. The topological polar surface area (TPSA) is 51.6 Å². The van der Waals surface area contributed by atoms with Gasteiger partial charge in [-0.3, -0.25) is 15.0 Å². The number of hydrogen-bond donors (Lipinski definition) is 0. The molecule has 0 amide bonds. The fraction of sp³-hybridized carbons (Fsp3) is 0.0476. The van der Waals surface area contributed by atoms with Crippen LogP contribution in [0.5, 0.6) is 0 Å². The van der Waals surface area contributed by atoms with Crippen LogP contribution in [0.3, 0.4) is 0 Å². The molecule has 0 fully saturated rings. The van der Waals surface area contributed by atoms with Crippen molar-refractivity contribution in [3.05, 3.63) is 97.1 Å². The Bertz CT molecular complexity index is 947. The van der Waals surface area contributed by atoms with Gasteiger partial charge in [0.15, 0.2) is 0 Å². The fourth-order valence-electron chi connectivity index (χ4n) is 2.18. The number of hydrogen-bond acceptors (Lipinski definition) is 4. The summed E-state index contributed by atoms with van der Waals surface area (Å²) in [4.78, 5) is 17.0. The second kappa shape index (κ2) is 13.4. The number of aryl methyl sites for hydroxylation is 1. The first-order valence-corrected chi connectivity index (χ1v) is 8.87. The second-order valence-electron chi connectivity index (χ2n) is 5.86. The molecule has 0 aromatic carbocycles. The van der Waals surface area contributed by atoms with E-state index in [2.05, 4.69) is 19.9 Å². The van der Waals surface area contributed by atoms with Gasteiger partial charge in [0.2, 0.25) is 0 Å². The van der Waals surface area contributed by atoms with Gasteiger partial charge >= 0.3 is 28.3 Å². The van der Waals surface area contributed by atoms with Crippen LogP contribution >= 0.6 is 0 Å². The molecule has 31 heavy (non-hydrogen) atoms. The molecular weight excluding hydrogens is 590 g/mol. The third-order valence-corrected chi connectivity index (χ3v) is 3.45. The van der Waals surface area contributed by atoms with Crippen LogP contribution in [0.15, 0.2) is 91.5 Å². The first kappa shape index (κ1) is 26.1. The molecule has 10 heteroatoms. The van der Waals surface area contributed by atoms with E-state index in [0.717, 1.165) is 22.8 Å². The molecule has 0 radical (unpaired) electrons. The first-order valence-electron chi connectivity index (χ1n) is 8.87. The zero-order valence-corrected chi connectivity index (χ0v) is 18.6. The van der Waals surface area contributed by atoms with Gasteiger partial charge in [-0.2, -0.15) is 0 Å². The van der Waals surface area contributed by atoms with Crippen LogP contribution < -0.4 is 0 Å². The van der Waals surface area contributed by atoms with E-state index in [-0.39, 0.29) is 21.1 Å². The molecule has 0 bridgehead atoms. The quantitative estimate of drug-likeness (QED) is 0.211. The van der Waals surface area contributed by atoms with Gasteiger partial charge < -0.3 is 17.3 Å². The average molecular weight is 608 g/mol. The standard InChI is InChI=1S/C15H11N3.C6H7N.BF4.Pt/c1-3-10-16-12(6-1)14-8-5-9-15(18-14)13-7-2-4-11-17-13;1-6-2-4-7-5-3-6;2-1(3,4)5;/h1-11H;2-5H,1H3;;/q;;-1;+2. The Balaban J connectivity index is 0.000000308. The Morgan fingerprint density at radius 1 is 0.581 bits per heavy atom. The molecule has 4 rings (SSSR count). The van der Waals surface area contributed by atoms with Gasteiger partial charge in [-0.1, -0.05) is 18.2 Å². The minimum atomic E-state index is -6.00. The maximum absolute atomic E-state index is 9.75. The molecule has 0 saturated carbocycles. The summed E-state index contributed by atoms with van der Waals surface area (Å²) in [6.07, 6.45) is 7.11. The van der Waals surface area contributed by atoms with Crippen LogP contribution in [0.1, 0.15) is 5.56 Å². The van der Waals surface area contributed by atoms with E-state index in [1.807, 2.05) is 73.7 Å². The van der Waals surface area contributed by atoms with E-state index < -0.39 is 7.25 Å². The van der Waals surface area contributed by atoms with E-state index in [1.165, 1.54) is 5.56 Å². The summed E-state index contributed by atoms with van der Waals surface area (Å²) >= 11 is 0. The Hall–Kier alpha value is -2.93. The molecule has 0 aliphatic rings. The van der Waals surface area contributed by atoms with Gasteiger partial charge in [0, 0.05) is 24.8 Å². The van der Waals surface area contributed by atoms with Crippen molar-refractivity contribution in [1.82, 2.24) is 19.9 Å². The number of halogens is 4. The monoisotopic (exact) mass is 608 g/mol. The number of pyridine rings is 4. The van der Waals surface area contributed by atoms with Gasteiger partial charge in [0.1, 0.15) is 0 Å². The van der Waals surface area contributed by atoms with Crippen LogP contribution in [0.2, 0.25) is 0 Å². The smallest absolute Gasteiger partial charge is 0.418 e. The van der Waals surface area contributed by atoms with Crippen molar-refractivity contribution in [2.75, 3.05) is 0 Å². The van der Waals surface area contributed by atoms with E-state index in [0.29, 0.717) is 0 Å². The molecule has 0 saturated heterocycles. The predicted molar refractivity (Wildman–Crippen MR) is 110 cm³/mol. The number of aromatic nitrogens is 4. The summed E-state index contributed by atoms with van der Waals surface area (Å²) in [5, 5.41) is 0. The summed E-state index contributed by atoms with van der Waals surface area (Å²) in [5.74, 6) is 0. The molecule has 0 aliphatic heterocycles. The van der Waals surface area contributed by atoms with E-state index in [1.54, 1.807) is 24.8 Å². The van der Waals surface area contributed by atoms with Gasteiger partial charge in [-0.05, 0) is 61.0 Å². The van der Waals surface area contributed by atoms with Gasteiger partial charge in [-0.15, -0.1) is 0 Å². The SMILES string of the molecule is Cc1ccncc1.F[B-](F)(F)F.[Pt+2].c1ccc(-c2cccc(-c3ccccn3)n2)nc1. The second-order valence-corrected chi connectivity index (χ2v) is 5.86. The summed E-state index contributed by atoms with van der Waals surface area (Å²) in [5.41, 5.74) is 4.72. The molecule has 0 atom stereocenters. The Morgan fingerprint density at radius 2 is 1.00 bits per heavy atom. The van der Waals surface area contributed by atoms with Crippen LogP contribution in [-0.2, 0) is 21.1 Å². The van der Waals surface area contributed by atoms with Gasteiger partial charge in [0.05, 0.1) is 22.8 Å². The summed E-state index contributed by atoms with van der Waals surface area (Å²) in [6, 6.07) is 21.4. The van der Waals surface area contributed by atoms with E-state index in [9.17, 15) is 17.3 Å². The largest absolute Gasteiger partial charge is 2.00 e. The maximum Gasteiger partial charge on any atom is 2.00 e. The zero-order valence-electron chi connectivity index (χ0n) is 16.4.